The van der Waals surface area contributed by atoms with Crippen molar-refractivity contribution >= 4 is 29.3 Å². The minimum Gasteiger partial charge on any atom is -0.449 e. The first-order chi connectivity index (χ1) is 8.84. The van der Waals surface area contributed by atoms with Gasteiger partial charge in [-0.25, -0.2) is 4.79 Å². The highest BCUT2D eigenvalue weighted by atomic mass is 35.5. The van der Waals surface area contributed by atoms with E-state index < -0.39 is 12.2 Å². The van der Waals surface area contributed by atoms with E-state index in [4.69, 9.17) is 33.7 Å². The number of primary amides is 1. The van der Waals surface area contributed by atoms with E-state index in [9.17, 15) is 9.90 Å². The molecular weight excluding hydrogens is 289 g/mol. The Morgan fingerprint density at radius 1 is 1.37 bits per heavy atom. The molecule has 1 aromatic rings. The summed E-state index contributed by atoms with van der Waals surface area (Å²) in [4.78, 5) is 10.7. The third-order valence-electron chi connectivity index (χ3n) is 2.98. The minimum absolute atomic E-state index is 0.00964. The Hall–Kier alpha value is -0.970. The largest absolute Gasteiger partial charge is 0.449 e. The summed E-state index contributed by atoms with van der Waals surface area (Å²) in [5.74, 6) is -0.286. The summed E-state index contributed by atoms with van der Waals surface area (Å²) in [5.41, 5.74) is 5.39. The molecule has 0 aliphatic heterocycles. The number of carbonyl (C=O) groups is 1. The summed E-state index contributed by atoms with van der Waals surface area (Å²) in [6.45, 7) is 3.82. The first-order valence-electron chi connectivity index (χ1n) is 5.88. The summed E-state index contributed by atoms with van der Waals surface area (Å²) in [6, 6.07) is 5.00. The molecule has 0 radical (unpaired) electrons. The van der Waals surface area contributed by atoms with Gasteiger partial charge in [-0.3, -0.25) is 0 Å². The third-order valence-corrected chi connectivity index (χ3v) is 3.63. The Morgan fingerprint density at radius 3 is 2.32 bits per heavy atom. The van der Waals surface area contributed by atoms with E-state index in [1.54, 1.807) is 18.2 Å². The molecule has 0 aromatic heterocycles. The maximum absolute atomic E-state index is 10.7. The molecule has 0 spiro atoms. The first kappa shape index (κ1) is 16.1. The normalized spacial score (nSPS) is 14.2. The number of aliphatic hydroxyl groups is 1. The summed E-state index contributed by atoms with van der Waals surface area (Å²) in [6.07, 6.45) is -1.80. The summed E-state index contributed by atoms with van der Waals surface area (Å²) in [5, 5.41) is 11.2. The molecule has 2 atom stereocenters. The van der Waals surface area contributed by atoms with Crippen molar-refractivity contribution in [2.24, 2.45) is 17.6 Å². The number of ether oxygens (including phenoxy) is 1. The number of hydrogen-bond donors (Lipinski definition) is 2. The van der Waals surface area contributed by atoms with Gasteiger partial charge in [0.2, 0.25) is 0 Å². The average molecular weight is 306 g/mol. The van der Waals surface area contributed by atoms with Gasteiger partial charge < -0.3 is 15.6 Å². The molecule has 0 bridgehead atoms. The molecule has 19 heavy (non-hydrogen) atoms. The maximum Gasteiger partial charge on any atom is 0.404 e. The number of hydrogen-bond acceptors (Lipinski definition) is 3. The van der Waals surface area contributed by atoms with Crippen molar-refractivity contribution in [1.82, 2.24) is 0 Å². The molecule has 0 heterocycles. The van der Waals surface area contributed by atoms with Crippen molar-refractivity contribution in [1.29, 1.82) is 0 Å². The molecular formula is C13H17Cl2NO3. The van der Waals surface area contributed by atoms with Crippen LogP contribution in [0.3, 0.4) is 0 Å². The Kier molecular flexibility index (Phi) is 5.91. The highest BCUT2D eigenvalue weighted by Gasteiger charge is 2.28. The monoisotopic (exact) mass is 305 g/mol. The molecule has 1 amide bonds. The topological polar surface area (TPSA) is 72.5 Å². The van der Waals surface area contributed by atoms with Gasteiger partial charge in [0.15, 0.2) is 0 Å². The fourth-order valence-electron chi connectivity index (χ4n) is 1.83. The van der Waals surface area contributed by atoms with E-state index in [0.29, 0.717) is 15.6 Å². The van der Waals surface area contributed by atoms with Gasteiger partial charge in [-0.2, -0.15) is 0 Å². The second kappa shape index (κ2) is 6.98. The number of carbonyl (C=O) groups excluding carboxylic acids is 1. The molecule has 0 saturated heterocycles. The van der Waals surface area contributed by atoms with Crippen LogP contribution in [-0.4, -0.2) is 17.8 Å². The van der Waals surface area contributed by atoms with Crippen molar-refractivity contribution in [2.75, 3.05) is 6.61 Å². The van der Waals surface area contributed by atoms with E-state index in [0.717, 1.165) is 0 Å². The van der Waals surface area contributed by atoms with Crippen LogP contribution in [0, 0.1) is 11.8 Å². The van der Waals surface area contributed by atoms with Gasteiger partial charge in [0, 0.05) is 21.5 Å². The number of aliphatic hydroxyl groups excluding tert-OH is 1. The number of nitrogens with two attached hydrogens (primary N) is 1. The Morgan fingerprint density at radius 2 is 1.89 bits per heavy atom. The van der Waals surface area contributed by atoms with Crippen LogP contribution in [0.5, 0.6) is 0 Å². The van der Waals surface area contributed by atoms with E-state index >= 15 is 0 Å². The lowest BCUT2D eigenvalue weighted by atomic mass is 9.87. The van der Waals surface area contributed by atoms with Crippen LogP contribution < -0.4 is 5.73 Å². The molecule has 6 heteroatoms. The van der Waals surface area contributed by atoms with E-state index in [2.05, 4.69) is 0 Å². The number of benzene rings is 1. The van der Waals surface area contributed by atoms with Crippen LogP contribution in [0.2, 0.25) is 10.0 Å². The number of halogens is 2. The van der Waals surface area contributed by atoms with Gasteiger partial charge in [0.1, 0.15) is 0 Å². The molecule has 0 aliphatic carbocycles. The highest BCUT2D eigenvalue weighted by molar-refractivity contribution is 6.36. The second-order valence-corrected chi connectivity index (χ2v) is 5.43. The standard InChI is InChI=1S/C13H17Cl2NO3/c1-7(2)8(6-19-13(16)18)12(17)11-9(14)4-3-5-10(11)15/h3-5,7-8,12,17H,6H2,1-2H3,(H2,16,18)/t8-,12+/m1/s1. The van der Waals surface area contributed by atoms with E-state index in [1.165, 1.54) is 0 Å². The van der Waals surface area contributed by atoms with Crippen LogP contribution >= 0.6 is 23.2 Å². The lowest BCUT2D eigenvalue weighted by Gasteiger charge is -2.27. The summed E-state index contributed by atoms with van der Waals surface area (Å²) < 4.78 is 4.78. The van der Waals surface area contributed by atoms with Crippen molar-refractivity contribution in [3.63, 3.8) is 0 Å². The summed E-state index contributed by atoms with van der Waals surface area (Å²) in [7, 11) is 0. The molecule has 0 saturated carbocycles. The van der Waals surface area contributed by atoms with Crippen LogP contribution in [0.4, 0.5) is 4.79 Å². The van der Waals surface area contributed by atoms with E-state index in [-0.39, 0.29) is 18.4 Å². The molecule has 0 unspecified atom stereocenters. The van der Waals surface area contributed by atoms with Crippen LogP contribution in [-0.2, 0) is 4.74 Å². The van der Waals surface area contributed by atoms with Crippen molar-refractivity contribution in [3.8, 4) is 0 Å². The molecule has 4 nitrogen and oxygen atoms in total. The smallest absolute Gasteiger partial charge is 0.404 e. The van der Waals surface area contributed by atoms with Crippen LogP contribution in [0.15, 0.2) is 18.2 Å². The SMILES string of the molecule is CC(C)[C@@H](COC(N)=O)[C@H](O)c1c(Cl)cccc1Cl. The molecule has 0 fully saturated rings. The van der Waals surface area contributed by atoms with Crippen molar-refractivity contribution < 1.29 is 14.6 Å². The Balaban J connectivity index is 2.99. The van der Waals surface area contributed by atoms with E-state index in [1.807, 2.05) is 13.8 Å². The molecule has 1 rings (SSSR count). The van der Waals surface area contributed by atoms with Crippen molar-refractivity contribution in [2.45, 2.75) is 20.0 Å². The minimum atomic E-state index is -0.930. The van der Waals surface area contributed by atoms with Gasteiger partial charge in [-0.1, -0.05) is 43.1 Å². The molecule has 1 aromatic carbocycles. The Labute approximate surface area is 122 Å². The third kappa shape index (κ3) is 4.27. The fourth-order valence-corrected chi connectivity index (χ4v) is 2.45. The first-order valence-corrected chi connectivity index (χ1v) is 6.64. The summed E-state index contributed by atoms with van der Waals surface area (Å²) >= 11 is 12.1. The zero-order chi connectivity index (χ0) is 14.6. The van der Waals surface area contributed by atoms with Gasteiger partial charge in [0.05, 0.1) is 12.7 Å². The van der Waals surface area contributed by atoms with Gasteiger partial charge >= 0.3 is 6.09 Å². The molecule has 3 N–H and O–H groups in total. The zero-order valence-electron chi connectivity index (χ0n) is 10.8. The number of rotatable bonds is 5. The molecule has 0 aliphatic rings. The van der Waals surface area contributed by atoms with Gasteiger partial charge in [0.25, 0.3) is 0 Å². The van der Waals surface area contributed by atoms with Gasteiger partial charge in [-0.15, -0.1) is 0 Å². The Bertz CT molecular complexity index is 431. The zero-order valence-corrected chi connectivity index (χ0v) is 12.3. The number of amides is 1. The van der Waals surface area contributed by atoms with Gasteiger partial charge in [-0.05, 0) is 18.1 Å². The predicted octanol–water partition coefficient (Wildman–Crippen LogP) is 3.39. The van der Waals surface area contributed by atoms with Crippen LogP contribution in [0.25, 0.3) is 0 Å². The average Bonchev–Trinajstić information content (AvgIpc) is 2.27. The second-order valence-electron chi connectivity index (χ2n) is 4.62. The lowest BCUT2D eigenvalue weighted by Crippen LogP contribution is -2.27. The van der Waals surface area contributed by atoms with Crippen molar-refractivity contribution in [3.05, 3.63) is 33.8 Å². The van der Waals surface area contributed by atoms with Crippen LogP contribution in [0.1, 0.15) is 25.5 Å². The molecule has 106 valence electrons. The predicted molar refractivity (Wildman–Crippen MR) is 75.3 cm³/mol. The lowest BCUT2D eigenvalue weighted by molar-refractivity contribution is 0.0324. The quantitative estimate of drug-likeness (QED) is 0.875. The maximum atomic E-state index is 10.7. The highest BCUT2D eigenvalue weighted by Crippen LogP contribution is 2.36. The fraction of sp³-hybridized carbons (Fsp3) is 0.462.